The third-order valence-electron chi connectivity index (χ3n) is 2.35. The monoisotopic (exact) mass is 255 g/mol. The lowest BCUT2D eigenvalue weighted by molar-refractivity contribution is 0.0745. The van der Waals surface area contributed by atoms with E-state index in [0.29, 0.717) is 30.3 Å². The van der Waals surface area contributed by atoms with Gasteiger partial charge in [-0.15, -0.1) is 0 Å². The van der Waals surface area contributed by atoms with Gasteiger partial charge in [0.05, 0.1) is 17.4 Å². The molecule has 1 aromatic heterocycles. The highest BCUT2D eigenvalue weighted by atomic mass is 35.5. The second kappa shape index (κ2) is 5.87. The van der Waals surface area contributed by atoms with E-state index in [0.717, 1.165) is 0 Å². The maximum absolute atomic E-state index is 12.2. The van der Waals surface area contributed by atoms with Crippen molar-refractivity contribution in [2.24, 2.45) is 5.92 Å². The van der Waals surface area contributed by atoms with Crippen LogP contribution in [0.25, 0.3) is 0 Å². The molecule has 0 spiro atoms. The van der Waals surface area contributed by atoms with Crippen LogP contribution in [-0.2, 0) is 0 Å². The molecule has 1 aromatic rings. The lowest BCUT2D eigenvalue weighted by atomic mass is 10.1. The lowest BCUT2D eigenvalue weighted by Crippen LogP contribution is -2.34. The fourth-order valence-electron chi connectivity index (χ4n) is 1.58. The van der Waals surface area contributed by atoms with E-state index in [1.165, 1.54) is 6.20 Å². The molecule has 0 radical (unpaired) electrons. The first-order valence-electron chi connectivity index (χ1n) is 5.66. The molecule has 0 fully saturated rings. The average Bonchev–Trinajstić information content (AvgIpc) is 2.28. The Morgan fingerprint density at radius 1 is 1.59 bits per heavy atom. The highest BCUT2D eigenvalue weighted by Crippen LogP contribution is 2.18. The minimum atomic E-state index is -0.119. The Hall–Kier alpha value is -1.29. The maximum Gasteiger partial charge on any atom is 0.257 e. The minimum absolute atomic E-state index is 0.119. The molecule has 1 rings (SSSR count). The third kappa shape index (κ3) is 3.60. The van der Waals surface area contributed by atoms with E-state index in [9.17, 15) is 4.79 Å². The van der Waals surface area contributed by atoms with Crippen LogP contribution in [0.3, 0.4) is 0 Å². The molecule has 0 aliphatic rings. The average molecular weight is 256 g/mol. The number of carbonyl (C=O) groups is 1. The summed E-state index contributed by atoms with van der Waals surface area (Å²) in [6, 6.07) is 1.57. The number of halogens is 1. The van der Waals surface area contributed by atoms with Crippen LogP contribution in [0.2, 0.25) is 5.15 Å². The number of hydrogen-bond donors (Lipinski definition) is 1. The molecule has 1 amide bonds. The van der Waals surface area contributed by atoms with Crippen LogP contribution in [0.5, 0.6) is 0 Å². The summed E-state index contributed by atoms with van der Waals surface area (Å²) < 4.78 is 0. The summed E-state index contributed by atoms with van der Waals surface area (Å²) in [5.74, 6) is 0.290. The largest absolute Gasteiger partial charge is 0.397 e. The minimum Gasteiger partial charge on any atom is -0.397 e. The Balaban J connectivity index is 2.97. The molecule has 0 saturated heterocycles. The van der Waals surface area contributed by atoms with Gasteiger partial charge in [0.25, 0.3) is 5.91 Å². The molecular weight excluding hydrogens is 238 g/mol. The highest BCUT2D eigenvalue weighted by molar-refractivity contribution is 6.32. The first-order chi connectivity index (χ1) is 7.95. The van der Waals surface area contributed by atoms with Crippen LogP contribution in [0.15, 0.2) is 12.3 Å². The van der Waals surface area contributed by atoms with Gasteiger partial charge in [0.15, 0.2) is 0 Å². The number of aromatic nitrogens is 1. The van der Waals surface area contributed by atoms with Crippen molar-refractivity contribution in [1.82, 2.24) is 9.88 Å². The number of pyridine rings is 1. The van der Waals surface area contributed by atoms with Crippen molar-refractivity contribution in [3.8, 4) is 0 Å². The number of nitrogens with zero attached hydrogens (tertiary/aromatic N) is 2. The van der Waals surface area contributed by atoms with Gasteiger partial charge in [-0.05, 0) is 18.9 Å². The Kier molecular flexibility index (Phi) is 4.75. The van der Waals surface area contributed by atoms with Gasteiger partial charge in [-0.3, -0.25) is 4.79 Å². The molecule has 0 atom stereocenters. The molecule has 4 nitrogen and oxygen atoms in total. The molecule has 2 N–H and O–H groups in total. The predicted molar refractivity (Wildman–Crippen MR) is 70.1 cm³/mol. The number of rotatable bonds is 4. The number of nitrogen functional groups attached to an aromatic ring is 1. The SMILES string of the molecule is CCN(CC(C)C)C(=O)c1cc(N)cnc1Cl. The van der Waals surface area contributed by atoms with Gasteiger partial charge < -0.3 is 10.6 Å². The smallest absolute Gasteiger partial charge is 0.257 e. The van der Waals surface area contributed by atoms with Crippen molar-refractivity contribution in [1.29, 1.82) is 0 Å². The lowest BCUT2D eigenvalue weighted by Gasteiger charge is -2.23. The molecular formula is C12H18ClN3O. The van der Waals surface area contributed by atoms with Gasteiger partial charge in [0.2, 0.25) is 0 Å². The Morgan fingerprint density at radius 2 is 2.24 bits per heavy atom. The number of anilines is 1. The van der Waals surface area contributed by atoms with Crippen LogP contribution in [-0.4, -0.2) is 28.9 Å². The van der Waals surface area contributed by atoms with E-state index < -0.39 is 0 Å². The zero-order chi connectivity index (χ0) is 13.0. The van der Waals surface area contributed by atoms with Crippen molar-refractivity contribution in [3.63, 3.8) is 0 Å². The molecule has 1 heterocycles. The Labute approximate surface area is 107 Å². The third-order valence-corrected chi connectivity index (χ3v) is 2.65. The van der Waals surface area contributed by atoms with Crippen LogP contribution >= 0.6 is 11.6 Å². The number of amides is 1. The first kappa shape index (κ1) is 13.8. The molecule has 0 unspecified atom stereocenters. The summed E-state index contributed by atoms with van der Waals surface area (Å²) in [5.41, 5.74) is 6.43. The molecule has 94 valence electrons. The zero-order valence-electron chi connectivity index (χ0n) is 10.4. The molecule has 0 aliphatic carbocycles. The van der Waals surface area contributed by atoms with E-state index in [-0.39, 0.29) is 11.1 Å². The summed E-state index contributed by atoms with van der Waals surface area (Å²) in [7, 11) is 0. The van der Waals surface area contributed by atoms with Crippen LogP contribution < -0.4 is 5.73 Å². The van der Waals surface area contributed by atoms with Crippen LogP contribution in [0.1, 0.15) is 31.1 Å². The van der Waals surface area contributed by atoms with Crippen molar-refractivity contribution in [2.45, 2.75) is 20.8 Å². The quantitative estimate of drug-likeness (QED) is 0.841. The Morgan fingerprint density at radius 3 is 2.76 bits per heavy atom. The molecule has 0 aliphatic heterocycles. The van der Waals surface area contributed by atoms with Crippen LogP contribution in [0.4, 0.5) is 5.69 Å². The maximum atomic E-state index is 12.2. The number of hydrogen-bond acceptors (Lipinski definition) is 3. The predicted octanol–water partition coefficient (Wildman–Crippen LogP) is 2.44. The van der Waals surface area contributed by atoms with Crippen molar-refractivity contribution >= 4 is 23.2 Å². The summed E-state index contributed by atoms with van der Waals surface area (Å²) in [6.07, 6.45) is 1.44. The molecule has 17 heavy (non-hydrogen) atoms. The van der Waals surface area contributed by atoms with Gasteiger partial charge in [0.1, 0.15) is 5.15 Å². The van der Waals surface area contributed by atoms with Crippen LogP contribution in [0, 0.1) is 5.92 Å². The normalized spacial score (nSPS) is 10.6. The molecule has 0 saturated carbocycles. The standard InChI is InChI=1S/C12H18ClN3O/c1-4-16(7-8(2)3)12(17)10-5-9(14)6-15-11(10)13/h5-6,8H,4,7,14H2,1-3H3. The highest BCUT2D eigenvalue weighted by Gasteiger charge is 2.18. The van der Waals surface area contributed by atoms with Gasteiger partial charge in [-0.1, -0.05) is 25.4 Å². The number of carbonyl (C=O) groups excluding carboxylic acids is 1. The van der Waals surface area contributed by atoms with Crippen molar-refractivity contribution in [2.75, 3.05) is 18.8 Å². The summed E-state index contributed by atoms with van der Waals surface area (Å²) in [5, 5.41) is 0.200. The van der Waals surface area contributed by atoms with E-state index >= 15 is 0 Å². The molecule has 0 aromatic carbocycles. The molecule has 5 heteroatoms. The Bertz CT molecular complexity index is 407. The number of nitrogens with two attached hydrogens (primary N) is 1. The van der Waals surface area contributed by atoms with Gasteiger partial charge >= 0.3 is 0 Å². The summed E-state index contributed by atoms with van der Waals surface area (Å²) >= 11 is 5.91. The van der Waals surface area contributed by atoms with E-state index in [4.69, 9.17) is 17.3 Å². The van der Waals surface area contributed by atoms with Gasteiger partial charge in [0, 0.05) is 13.1 Å². The van der Waals surface area contributed by atoms with Gasteiger partial charge in [-0.25, -0.2) is 4.98 Å². The topological polar surface area (TPSA) is 59.2 Å². The fraction of sp³-hybridized carbons (Fsp3) is 0.500. The van der Waals surface area contributed by atoms with E-state index in [1.54, 1.807) is 11.0 Å². The van der Waals surface area contributed by atoms with Crippen molar-refractivity contribution < 1.29 is 4.79 Å². The first-order valence-corrected chi connectivity index (χ1v) is 6.03. The van der Waals surface area contributed by atoms with Gasteiger partial charge in [-0.2, -0.15) is 0 Å². The van der Waals surface area contributed by atoms with E-state index in [1.807, 2.05) is 6.92 Å². The summed E-state index contributed by atoms with van der Waals surface area (Å²) in [4.78, 5) is 17.9. The molecule has 0 bridgehead atoms. The second-order valence-corrected chi connectivity index (χ2v) is 4.70. The summed E-state index contributed by atoms with van der Waals surface area (Å²) in [6.45, 7) is 7.40. The fourth-order valence-corrected chi connectivity index (χ4v) is 1.77. The second-order valence-electron chi connectivity index (χ2n) is 4.34. The zero-order valence-corrected chi connectivity index (χ0v) is 11.2. The van der Waals surface area contributed by atoms with E-state index in [2.05, 4.69) is 18.8 Å². The van der Waals surface area contributed by atoms with Crippen molar-refractivity contribution in [3.05, 3.63) is 23.0 Å².